The lowest BCUT2D eigenvalue weighted by molar-refractivity contribution is 0.0511. The Kier molecular flexibility index (Phi) is 9.17. The summed E-state index contributed by atoms with van der Waals surface area (Å²) in [6.45, 7) is 20.1. The van der Waals surface area contributed by atoms with Crippen molar-refractivity contribution < 1.29 is 18.9 Å². The molecule has 3 aromatic carbocycles. The second kappa shape index (κ2) is 11.8. The fourth-order valence-electron chi connectivity index (χ4n) is 4.70. The van der Waals surface area contributed by atoms with Crippen molar-refractivity contribution in [2.45, 2.75) is 73.1 Å². The van der Waals surface area contributed by atoms with Crippen LogP contribution in [0, 0.1) is 20.8 Å². The van der Waals surface area contributed by atoms with Crippen molar-refractivity contribution in [3.8, 4) is 11.5 Å². The van der Waals surface area contributed by atoms with E-state index in [1.165, 1.54) is 27.8 Å². The second-order valence-corrected chi connectivity index (χ2v) is 12.0. The van der Waals surface area contributed by atoms with Crippen molar-refractivity contribution in [2.75, 3.05) is 32.7 Å². The van der Waals surface area contributed by atoms with E-state index in [2.05, 4.69) is 104 Å². The minimum Gasteiger partial charge on any atom is -0.465 e. The molecule has 5 nitrogen and oxygen atoms in total. The van der Waals surface area contributed by atoms with E-state index in [9.17, 15) is 0 Å². The van der Waals surface area contributed by atoms with E-state index in [-0.39, 0.29) is 24.4 Å². The number of rotatable bonds is 9. The van der Waals surface area contributed by atoms with Crippen molar-refractivity contribution in [3.05, 3.63) is 76.3 Å². The summed E-state index contributed by atoms with van der Waals surface area (Å²) in [7, 11) is 3.28. The number of nitrogens with zero attached hydrogens (tertiary/aromatic N) is 1. The molecule has 0 radical (unpaired) electrons. The first-order chi connectivity index (χ1) is 17.8. The largest absolute Gasteiger partial charge is 0.465 e. The Bertz CT molecular complexity index is 1160. The van der Waals surface area contributed by atoms with Crippen LogP contribution in [0.3, 0.4) is 0 Å². The molecular formula is C33H45NO4. The number of hydrogen-bond acceptors (Lipinski definition) is 5. The average Bonchev–Trinajstić information content (AvgIpc) is 2.82. The summed E-state index contributed by atoms with van der Waals surface area (Å²) >= 11 is 0. The molecule has 0 unspecified atom stereocenters. The summed E-state index contributed by atoms with van der Waals surface area (Å²) in [6.07, 6.45) is 0. The van der Waals surface area contributed by atoms with Crippen LogP contribution in [0.1, 0.15) is 69.4 Å². The number of aryl methyl sites for hydroxylation is 3. The van der Waals surface area contributed by atoms with Gasteiger partial charge in [-0.05, 0) is 78.1 Å². The highest BCUT2D eigenvalue weighted by molar-refractivity contribution is 5.86. The van der Waals surface area contributed by atoms with Crippen LogP contribution in [0.4, 0.5) is 17.1 Å². The lowest BCUT2D eigenvalue weighted by Crippen LogP contribution is -2.20. The third-order valence-corrected chi connectivity index (χ3v) is 6.66. The fourth-order valence-corrected chi connectivity index (χ4v) is 4.70. The molecule has 0 bridgehead atoms. The Labute approximate surface area is 229 Å². The van der Waals surface area contributed by atoms with Crippen molar-refractivity contribution >= 4 is 17.1 Å². The summed E-state index contributed by atoms with van der Waals surface area (Å²) in [5.74, 6) is 1.47. The fraction of sp³-hybridized carbons (Fsp3) is 0.455. The van der Waals surface area contributed by atoms with Gasteiger partial charge in [0.15, 0.2) is 13.6 Å². The Hall–Kier alpha value is -3.02. The van der Waals surface area contributed by atoms with Gasteiger partial charge in [0.2, 0.25) is 0 Å². The van der Waals surface area contributed by atoms with Gasteiger partial charge in [-0.15, -0.1) is 0 Å². The molecule has 3 rings (SSSR count). The molecule has 0 aliphatic carbocycles. The first-order valence-electron chi connectivity index (χ1n) is 13.2. The van der Waals surface area contributed by atoms with E-state index in [1.54, 1.807) is 14.2 Å². The van der Waals surface area contributed by atoms with E-state index in [0.717, 1.165) is 28.6 Å². The highest BCUT2D eigenvalue weighted by Crippen LogP contribution is 2.48. The smallest absolute Gasteiger partial charge is 0.188 e. The Morgan fingerprint density at radius 3 is 1.34 bits per heavy atom. The zero-order chi connectivity index (χ0) is 28.3. The highest BCUT2D eigenvalue weighted by Gasteiger charge is 2.27. The molecule has 0 amide bonds. The zero-order valence-electron chi connectivity index (χ0n) is 25.1. The quantitative estimate of drug-likeness (QED) is 0.265. The number of anilines is 3. The molecule has 38 heavy (non-hydrogen) atoms. The van der Waals surface area contributed by atoms with Crippen LogP contribution in [0.2, 0.25) is 0 Å². The molecule has 0 aromatic heterocycles. The van der Waals surface area contributed by atoms with E-state index in [0.29, 0.717) is 0 Å². The maximum Gasteiger partial charge on any atom is 0.188 e. The van der Waals surface area contributed by atoms with Crippen LogP contribution < -0.4 is 14.4 Å². The molecule has 0 saturated carbocycles. The van der Waals surface area contributed by atoms with Crippen LogP contribution >= 0.6 is 0 Å². The highest BCUT2D eigenvalue weighted by atomic mass is 16.7. The van der Waals surface area contributed by atoms with Gasteiger partial charge >= 0.3 is 0 Å². The number of hydrogen-bond donors (Lipinski definition) is 0. The summed E-state index contributed by atoms with van der Waals surface area (Å²) < 4.78 is 23.0. The molecule has 0 aliphatic heterocycles. The van der Waals surface area contributed by atoms with Gasteiger partial charge in [-0.2, -0.15) is 0 Å². The van der Waals surface area contributed by atoms with Crippen molar-refractivity contribution in [3.63, 3.8) is 0 Å². The van der Waals surface area contributed by atoms with Crippen LogP contribution in [0.25, 0.3) is 0 Å². The van der Waals surface area contributed by atoms with Crippen molar-refractivity contribution in [1.82, 2.24) is 0 Å². The summed E-state index contributed by atoms with van der Waals surface area (Å²) in [5.41, 5.74) is 8.81. The normalized spacial score (nSPS) is 12.0. The molecule has 0 fully saturated rings. The SMILES string of the molecule is COCOc1ccc(C(C)(C)C)cc1N(c1cc(C(C)(C)C)ccc1OCOC)c1c(C)cc(C)cc1C. The first-order valence-corrected chi connectivity index (χ1v) is 13.2. The van der Waals surface area contributed by atoms with Crippen LogP contribution in [-0.4, -0.2) is 27.8 Å². The van der Waals surface area contributed by atoms with E-state index >= 15 is 0 Å². The summed E-state index contributed by atoms with van der Waals surface area (Å²) in [5, 5.41) is 0. The lowest BCUT2D eigenvalue weighted by Gasteiger charge is -2.34. The first kappa shape index (κ1) is 29.5. The van der Waals surface area contributed by atoms with Crippen LogP contribution in [0.5, 0.6) is 11.5 Å². The molecule has 0 N–H and O–H groups in total. The average molecular weight is 520 g/mol. The van der Waals surface area contributed by atoms with E-state index in [1.807, 2.05) is 12.1 Å². The molecule has 206 valence electrons. The third-order valence-electron chi connectivity index (χ3n) is 6.66. The Balaban J connectivity index is 2.47. The maximum atomic E-state index is 6.17. The van der Waals surface area contributed by atoms with Gasteiger partial charge in [0.1, 0.15) is 11.5 Å². The molecule has 0 aliphatic rings. The molecule has 0 heterocycles. The standard InChI is InChI=1S/C33H45NO4/c1-22-16-23(2)31(24(3)17-22)34(27-18-25(32(4,5)6)12-14-29(27)37-20-35-10)28-19-26(33(7,8)9)13-15-30(28)38-21-36-11/h12-19H,20-21H2,1-11H3. The van der Waals surface area contributed by atoms with Crippen molar-refractivity contribution in [1.29, 1.82) is 0 Å². The van der Waals surface area contributed by atoms with Gasteiger partial charge < -0.3 is 23.8 Å². The second-order valence-electron chi connectivity index (χ2n) is 12.0. The third kappa shape index (κ3) is 6.69. The number of methoxy groups -OCH3 is 2. The zero-order valence-corrected chi connectivity index (χ0v) is 25.1. The van der Waals surface area contributed by atoms with Gasteiger partial charge in [0, 0.05) is 14.2 Å². The predicted molar refractivity (Wildman–Crippen MR) is 158 cm³/mol. The van der Waals surface area contributed by atoms with E-state index < -0.39 is 0 Å². The van der Waals surface area contributed by atoms with Gasteiger partial charge in [-0.3, -0.25) is 0 Å². The lowest BCUT2D eigenvalue weighted by atomic mass is 9.85. The van der Waals surface area contributed by atoms with Crippen LogP contribution in [-0.2, 0) is 20.3 Å². The maximum absolute atomic E-state index is 6.17. The molecule has 0 spiro atoms. The van der Waals surface area contributed by atoms with Gasteiger partial charge in [0.05, 0.1) is 17.1 Å². The van der Waals surface area contributed by atoms with Crippen molar-refractivity contribution in [2.24, 2.45) is 0 Å². The molecule has 3 aromatic rings. The predicted octanol–water partition coefficient (Wildman–Crippen LogP) is 8.64. The molecule has 0 saturated heterocycles. The van der Waals surface area contributed by atoms with Gasteiger partial charge in [-0.25, -0.2) is 0 Å². The summed E-state index contributed by atoms with van der Waals surface area (Å²) in [6, 6.07) is 17.3. The Morgan fingerprint density at radius 2 is 1.00 bits per heavy atom. The summed E-state index contributed by atoms with van der Waals surface area (Å²) in [4.78, 5) is 2.28. The number of benzene rings is 3. The minimum atomic E-state index is -0.0553. The van der Waals surface area contributed by atoms with Gasteiger partial charge in [-0.1, -0.05) is 71.4 Å². The Morgan fingerprint density at radius 1 is 0.605 bits per heavy atom. The van der Waals surface area contributed by atoms with Gasteiger partial charge in [0.25, 0.3) is 0 Å². The topological polar surface area (TPSA) is 40.2 Å². The molecular weight excluding hydrogens is 474 g/mol. The minimum absolute atomic E-state index is 0.0553. The molecule has 0 atom stereocenters. The van der Waals surface area contributed by atoms with E-state index in [4.69, 9.17) is 18.9 Å². The molecule has 5 heteroatoms. The number of ether oxygens (including phenoxy) is 4. The monoisotopic (exact) mass is 519 g/mol. The van der Waals surface area contributed by atoms with Crippen LogP contribution in [0.15, 0.2) is 48.5 Å².